The van der Waals surface area contributed by atoms with Crippen LogP contribution in [-0.4, -0.2) is 63.0 Å². The minimum Gasteiger partial charge on any atom is -0.369 e. The number of unbranched alkanes of at least 4 members (excludes halogenated alkanes) is 5. The predicted molar refractivity (Wildman–Crippen MR) is 130 cm³/mol. The summed E-state index contributed by atoms with van der Waals surface area (Å²) >= 11 is 0. The number of nitrogen functional groups attached to an aromatic ring is 1. The van der Waals surface area contributed by atoms with Crippen molar-refractivity contribution < 1.29 is 14.2 Å². The maximum Gasteiger partial charge on any atom is 0.292 e. The summed E-state index contributed by atoms with van der Waals surface area (Å²) in [6.07, 6.45) is 8.69. The van der Waals surface area contributed by atoms with E-state index in [2.05, 4.69) is 25.4 Å². The third-order valence-corrected chi connectivity index (χ3v) is 6.39. The Hall–Kier alpha value is -1.82. The zero-order chi connectivity index (χ0) is 24.1. The Morgan fingerprint density at radius 3 is 2.64 bits per heavy atom. The van der Waals surface area contributed by atoms with Gasteiger partial charge >= 0.3 is 0 Å². The van der Waals surface area contributed by atoms with E-state index >= 15 is 0 Å². The molecule has 13 heteroatoms. The van der Waals surface area contributed by atoms with E-state index in [9.17, 15) is 14.3 Å². The van der Waals surface area contributed by atoms with E-state index in [1.165, 1.54) is 32.0 Å². The van der Waals surface area contributed by atoms with Crippen molar-refractivity contribution >= 4 is 24.6 Å². The van der Waals surface area contributed by atoms with E-state index in [0.717, 1.165) is 38.9 Å². The summed E-state index contributed by atoms with van der Waals surface area (Å²) in [6, 6.07) is 0. The highest BCUT2D eigenvalue weighted by atomic mass is 31.2. The maximum absolute atomic E-state index is 12.3. The van der Waals surface area contributed by atoms with Crippen LogP contribution in [0.5, 0.6) is 0 Å². The first-order valence-electron chi connectivity index (χ1n) is 11.6. The maximum atomic E-state index is 12.3. The fourth-order valence-corrected chi connectivity index (χ4v) is 4.46. The van der Waals surface area contributed by atoms with Crippen LogP contribution in [0.3, 0.4) is 0 Å². The highest BCUT2D eigenvalue weighted by Gasteiger charge is 2.20. The third-order valence-electron chi connectivity index (χ3n) is 5.18. The first kappa shape index (κ1) is 27.4. The Balaban J connectivity index is 1.57. The van der Waals surface area contributed by atoms with Crippen LogP contribution in [0.1, 0.15) is 51.9 Å². The van der Waals surface area contributed by atoms with Crippen LogP contribution < -0.4 is 27.4 Å². The van der Waals surface area contributed by atoms with E-state index in [0.29, 0.717) is 18.7 Å². The van der Waals surface area contributed by atoms with Crippen molar-refractivity contribution in [1.82, 2.24) is 29.9 Å². The topological polar surface area (TPSA) is 186 Å². The van der Waals surface area contributed by atoms with Gasteiger partial charge in [-0.05, 0) is 45.8 Å². The number of nitrogens with zero attached hydrogens (tertiary/aromatic N) is 3. The first-order valence-corrected chi connectivity index (χ1v) is 13.5. The number of nitrogens with one attached hydrogen (secondary N) is 3. The lowest BCUT2D eigenvalue weighted by Crippen LogP contribution is -2.24. The summed E-state index contributed by atoms with van der Waals surface area (Å²) in [4.78, 5) is 32.5. The minimum absolute atomic E-state index is 0.000281. The smallest absolute Gasteiger partial charge is 0.292 e. The van der Waals surface area contributed by atoms with Gasteiger partial charge in [-0.15, -0.1) is 0 Å². The van der Waals surface area contributed by atoms with E-state index in [4.69, 9.17) is 16.2 Å². The lowest BCUT2D eigenvalue weighted by molar-refractivity contribution is 0.0816. The third kappa shape index (κ3) is 10.3. The number of aromatic amines is 1. The molecule has 2 atom stereocenters. The zero-order valence-electron chi connectivity index (χ0n) is 19.5. The summed E-state index contributed by atoms with van der Waals surface area (Å²) in [6.45, 7) is 5.04. The van der Waals surface area contributed by atoms with Gasteiger partial charge in [0.2, 0.25) is 5.95 Å². The van der Waals surface area contributed by atoms with Crippen molar-refractivity contribution in [2.45, 2.75) is 64.5 Å². The Bertz CT molecular complexity index is 934. The molecule has 0 aromatic carbocycles. The number of H-pyrrole nitrogens is 1. The molecule has 2 aromatic heterocycles. The molecular formula is C20H39N8O4P. The SMILES string of the molecule is CC(Cn1cnc2c(=O)[nH]c(N)nc21)OCP(=O)(O)NCCCNCCCCCCCCN. The normalized spacial score (nSPS) is 14.5. The van der Waals surface area contributed by atoms with Gasteiger partial charge in [0.25, 0.3) is 13.1 Å². The number of hydrogen-bond acceptors (Lipinski definition) is 8. The number of rotatable bonds is 18. The van der Waals surface area contributed by atoms with Crippen LogP contribution in [-0.2, 0) is 15.8 Å². The van der Waals surface area contributed by atoms with Crippen molar-refractivity contribution in [3.63, 3.8) is 0 Å². The molecule has 0 spiro atoms. The van der Waals surface area contributed by atoms with E-state index in [1.54, 1.807) is 11.5 Å². The van der Waals surface area contributed by atoms with Crippen LogP contribution in [0.15, 0.2) is 11.1 Å². The summed E-state index contributed by atoms with van der Waals surface area (Å²) in [5.74, 6) is -0.000281. The van der Waals surface area contributed by atoms with Crippen LogP contribution in [0.4, 0.5) is 5.95 Å². The fraction of sp³-hybridized carbons (Fsp3) is 0.750. The molecule has 12 nitrogen and oxygen atoms in total. The lowest BCUT2D eigenvalue weighted by atomic mass is 10.1. The van der Waals surface area contributed by atoms with Crippen molar-refractivity contribution in [1.29, 1.82) is 0 Å². The number of ether oxygens (including phenoxy) is 1. The molecule has 2 aromatic rings. The average molecular weight is 487 g/mol. The minimum atomic E-state index is -3.60. The fourth-order valence-electron chi connectivity index (χ4n) is 3.40. The number of aromatic nitrogens is 4. The second-order valence-electron chi connectivity index (χ2n) is 8.25. The Morgan fingerprint density at radius 2 is 1.88 bits per heavy atom. The Labute approximate surface area is 194 Å². The standard InChI is InChI=1S/C20H39N8O4P/c1-16(13-28-14-24-17-18(28)26-20(22)27-19(17)29)32-15-33(30,31)25-12-8-11-23-10-7-5-3-2-4-6-9-21/h14,16,23H,2-13,15,21H2,1H3,(H2,25,30,31)(H3,22,26,27,29). The molecule has 188 valence electrons. The summed E-state index contributed by atoms with van der Waals surface area (Å²) in [5.41, 5.74) is 11.2. The highest BCUT2D eigenvalue weighted by Crippen LogP contribution is 2.35. The molecule has 0 aliphatic rings. The molecule has 2 rings (SSSR count). The second kappa shape index (κ2) is 14.4. The van der Waals surface area contributed by atoms with Crippen LogP contribution in [0.2, 0.25) is 0 Å². The van der Waals surface area contributed by atoms with E-state index in [1.807, 2.05) is 0 Å². The summed E-state index contributed by atoms with van der Waals surface area (Å²) in [7, 11) is -3.60. The second-order valence-corrected chi connectivity index (χ2v) is 10.2. The number of imidazole rings is 1. The monoisotopic (exact) mass is 486 g/mol. The van der Waals surface area contributed by atoms with Crippen LogP contribution >= 0.6 is 7.52 Å². The number of nitrogens with two attached hydrogens (primary N) is 2. The van der Waals surface area contributed by atoms with E-state index in [-0.39, 0.29) is 17.8 Å². The predicted octanol–water partition coefficient (Wildman–Crippen LogP) is 1.12. The number of hydrogen-bond donors (Lipinski definition) is 6. The van der Waals surface area contributed by atoms with Gasteiger partial charge in [0.15, 0.2) is 11.2 Å². The molecule has 33 heavy (non-hydrogen) atoms. The molecule has 0 saturated heterocycles. The van der Waals surface area contributed by atoms with Gasteiger partial charge in [0, 0.05) is 6.54 Å². The molecule has 0 saturated carbocycles. The molecular weight excluding hydrogens is 447 g/mol. The van der Waals surface area contributed by atoms with Gasteiger partial charge in [-0.25, -0.2) is 10.1 Å². The van der Waals surface area contributed by atoms with Crippen molar-refractivity contribution in [2.24, 2.45) is 5.73 Å². The molecule has 0 fully saturated rings. The molecule has 0 aliphatic carbocycles. The van der Waals surface area contributed by atoms with Crippen LogP contribution in [0, 0.1) is 0 Å². The Kier molecular flexibility index (Phi) is 12.0. The van der Waals surface area contributed by atoms with Gasteiger partial charge in [-0.3, -0.25) is 14.3 Å². The van der Waals surface area contributed by atoms with Gasteiger partial charge in [0.1, 0.15) is 6.35 Å². The largest absolute Gasteiger partial charge is 0.369 e. The lowest BCUT2D eigenvalue weighted by Gasteiger charge is -2.18. The Morgan fingerprint density at radius 1 is 1.18 bits per heavy atom. The number of fused-ring (bicyclic) bond motifs is 1. The zero-order valence-corrected chi connectivity index (χ0v) is 20.4. The van der Waals surface area contributed by atoms with Gasteiger partial charge < -0.3 is 31.0 Å². The molecule has 2 heterocycles. The van der Waals surface area contributed by atoms with Gasteiger partial charge in [-0.1, -0.05) is 25.7 Å². The van der Waals surface area contributed by atoms with Gasteiger partial charge in [-0.2, -0.15) is 4.98 Å². The molecule has 0 radical (unpaired) electrons. The molecule has 2 unspecified atom stereocenters. The average Bonchev–Trinajstić information content (AvgIpc) is 3.16. The molecule has 0 amide bonds. The summed E-state index contributed by atoms with van der Waals surface area (Å²) in [5, 5.41) is 6.05. The quantitative estimate of drug-likeness (QED) is 0.132. The van der Waals surface area contributed by atoms with Crippen LogP contribution in [0.25, 0.3) is 11.2 Å². The van der Waals surface area contributed by atoms with Crippen molar-refractivity contribution in [3.05, 3.63) is 16.7 Å². The van der Waals surface area contributed by atoms with Crippen molar-refractivity contribution in [2.75, 3.05) is 38.3 Å². The number of anilines is 1. The molecule has 0 bridgehead atoms. The molecule has 8 N–H and O–H groups in total. The molecule has 0 aliphatic heterocycles. The highest BCUT2D eigenvalue weighted by molar-refractivity contribution is 7.55. The first-order chi connectivity index (χ1) is 15.8. The van der Waals surface area contributed by atoms with E-state index < -0.39 is 19.2 Å². The summed E-state index contributed by atoms with van der Waals surface area (Å²) < 4.78 is 19.5. The van der Waals surface area contributed by atoms with Crippen molar-refractivity contribution in [3.8, 4) is 0 Å². The van der Waals surface area contributed by atoms with Gasteiger partial charge in [0.05, 0.1) is 19.0 Å².